The molecule has 3 nitrogen and oxygen atoms in total. The van der Waals surface area contributed by atoms with Crippen molar-refractivity contribution in [3.05, 3.63) is 36.8 Å². The molecule has 68 valence electrons. The molecule has 0 aliphatic heterocycles. The number of rotatable bonds is 1. The number of benzene rings is 1. The van der Waals surface area contributed by atoms with Crippen molar-refractivity contribution in [2.75, 3.05) is 0 Å². The summed E-state index contributed by atoms with van der Waals surface area (Å²) in [7, 11) is 0. The van der Waals surface area contributed by atoms with Crippen molar-refractivity contribution in [3.63, 3.8) is 0 Å². The van der Waals surface area contributed by atoms with E-state index in [2.05, 4.69) is 26.5 Å². The van der Waals surface area contributed by atoms with Gasteiger partial charge in [-0.15, -0.1) is 0 Å². The number of H-pyrrole nitrogens is 1. The maximum Gasteiger partial charge on any atom is 0.0931 e. The summed E-state index contributed by atoms with van der Waals surface area (Å²) in [5, 5.41) is 0. The fourth-order valence-electron chi connectivity index (χ4n) is 1.45. The first kappa shape index (κ1) is 7.70. The lowest BCUT2D eigenvalue weighted by Gasteiger charge is -1.95. The van der Waals surface area contributed by atoms with Gasteiger partial charge in [0, 0.05) is 6.20 Å². The Labute approximate surface area is 84.6 Å². The van der Waals surface area contributed by atoms with Gasteiger partial charge in [0.25, 0.3) is 0 Å². The lowest BCUT2D eigenvalue weighted by Crippen LogP contribution is -1.73. The molecule has 0 spiro atoms. The number of hydrogen-bond acceptors (Lipinski definition) is 3. The van der Waals surface area contributed by atoms with Crippen LogP contribution in [0.15, 0.2) is 36.8 Å². The van der Waals surface area contributed by atoms with E-state index in [1.54, 1.807) is 6.33 Å². The first-order valence-corrected chi connectivity index (χ1v) is 5.05. The van der Waals surface area contributed by atoms with Gasteiger partial charge in [0.2, 0.25) is 0 Å². The van der Waals surface area contributed by atoms with Gasteiger partial charge in [-0.25, -0.2) is 9.36 Å². The molecule has 0 radical (unpaired) electrons. The predicted molar refractivity (Wildman–Crippen MR) is 57.2 cm³/mol. The molecule has 0 unspecified atom stereocenters. The summed E-state index contributed by atoms with van der Waals surface area (Å²) in [6.07, 6.45) is 3.52. The van der Waals surface area contributed by atoms with Crippen molar-refractivity contribution in [2.45, 2.75) is 0 Å². The zero-order valence-electron chi connectivity index (χ0n) is 7.27. The van der Waals surface area contributed by atoms with Crippen LogP contribution in [0.4, 0.5) is 0 Å². The second kappa shape index (κ2) is 2.92. The number of fused-ring (bicyclic) bond motifs is 1. The Balaban J connectivity index is 2.23. The molecule has 0 aliphatic rings. The Bertz CT molecular complexity index is 554. The standard InChI is InChI=1S/C10H7N3S/c1-2-8-9(12-6-11-8)5-7(1)10-3-4-13-14-10/h1-6H,(H,11,12). The normalized spacial score (nSPS) is 10.9. The van der Waals surface area contributed by atoms with E-state index in [4.69, 9.17) is 0 Å². The summed E-state index contributed by atoms with van der Waals surface area (Å²) >= 11 is 1.50. The lowest BCUT2D eigenvalue weighted by atomic mass is 10.2. The molecule has 0 fully saturated rings. The molecule has 0 amide bonds. The molecule has 0 aliphatic carbocycles. The minimum Gasteiger partial charge on any atom is -0.345 e. The van der Waals surface area contributed by atoms with Gasteiger partial charge in [-0.05, 0) is 35.3 Å². The molecule has 3 rings (SSSR count). The summed E-state index contributed by atoms with van der Waals surface area (Å²) in [6, 6.07) is 8.20. The quantitative estimate of drug-likeness (QED) is 0.657. The van der Waals surface area contributed by atoms with E-state index in [0.717, 1.165) is 11.0 Å². The molecule has 2 heterocycles. The third-order valence-corrected chi connectivity index (χ3v) is 2.94. The van der Waals surface area contributed by atoms with Crippen LogP contribution >= 0.6 is 11.5 Å². The van der Waals surface area contributed by atoms with Crippen molar-refractivity contribution < 1.29 is 0 Å². The van der Waals surface area contributed by atoms with Gasteiger partial charge in [-0.1, -0.05) is 6.07 Å². The molecule has 0 saturated carbocycles. The maximum atomic E-state index is 4.22. The maximum absolute atomic E-state index is 4.22. The lowest BCUT2D eigenvalue weighted by molar-refractivity contribution is 1.34. The minimum absolute atomic E-state index is 0.996. The van der Waals surface area contributed by atoms with Gasteiger partial charge < -0.3 is 4.98 Å². The number of imidazole rings is 1. The second-order valence-electron chi connectivity index (χ2n) is 3.01. The zero-order valence-corrected chi connectivity index (χ0v) is 8.08. The average Bonchev–Trinajstić information content (AvgIpc) is 2.88. The van der Waals surface area contributed by atoms with Gasteiger partial charge in [0.1, 0.15) is 0 Å². The van der Waals surface area contributed by atoms with E-state index in [0.29, 0.717) is 0 Å². The highest BCUT2D eigenvalue weighted by Gasteiger charge is 2.01. The molecule has 0 atom stereocenters. The highest BCUT2D eigenvalue weighted by atomic mass is 32.1. The number of aromatic nitrogens is 3. The molecule has 0 bridgehead atoms. The average molecular weight is 201 g/mol. The van der Waals surface area contributed by atoms with Gasteiger partial charge in [0.15, 0.2) is 0 Å². The zero-order chi connectivity index (χ0) is 9.38. The summed E-state index contributed by atoms with van der Waals surface area (Å²) in [6.45, 7) is 0. The molecular formula is C10H7N3S. The highest BCUT2D eigenvalue weighted by molar-refractivity contribution is 7.09. The van der Waals surface area contributed by atoms with Crippen molar-refractivity contribution in [1.82, 2.24) is 14.3 Å². The van der Waals surface area contributed by atoms with Crippen LogP contribution in [0.1, 0.15) is 0 Å². The summed E-state index contributed by atoms with van der Waals surface area (Å²) < 4.78 is 4.08. The number of hydrogen-bond donors (Lipinski definition) is 1. The van der Waals surface area contributed by atoms with Crippen LogP contribution in [-0.4, -0.2) is 14.3 Å². The van der Waals surface area contributed by atoms with Gasteiger partial charge in [-0.2, -0.15) is 0 Å². The monoisotopic (exact) mass is 201 g/mol. The largest absolute Gasteiger partial charge is 0.345 e. The van der Waals surface area contributed by atoms with Crippen molar-refractivity contribution >= 4 is 22.6 Å². The third kappa shape index (κ3) is 1.12. The number of nitrogens with one attached hydrogen (secondary N) is 1. The molecule has 2 aromatic heterocycles. The molecule has 0 saturated heterocycles. The van der Waals surface area contributed by atoms with Crippen LogP contribution in [-0.2, 0) is 0 Å². The van der Waals surface area contributed by atoms with E-state index in [1.807, 2.05) is 18.3 Å². The fraction of sp³-hybridized carbons (Fsp3) is 0. The van der Waals surface area contributed by atoms with Crippen LogP contribution < -0.4 is 0 Å². The summed E-state index contributed by atoms with van der Waals surface area (Å²) in [4.78, 5) is 8.46. The van der Waals surface area contributed by atoms with E-state index in [9.17, 15) is 0 Å². The first-order chi connectivity index (χ1) is 6.93. The van der Waals surface area contributed by atoms with Crippen molar-refractivity contribution in [3.8, 4) is 10.4 Å². The van der Waals surface area contributed by atoms with Gasteiger partial charge in [-0.3, -0.25) is 0 Å². The van der Waals surface area contributed by atoms with E-state index < -0.39 is 0 Å². The summed E-state index contributed by atoms with van der Waals surface area (Å²) in [5.41, 5.74) is 3.24. The third-order valence-electron chi connectivity index (χ3n) is 2.14. The van der Waals surface area contributed by atoms with Crippen LogP contribution in [0.3, 0.4) is 0 Å². The molecule has 1 aromatic carbocycles. The smallest absolute Gasteiger partial charge is 0.0931 e. The minimum atomic E-state index is 0.996. The molecule has 4 heteroatoms. The Morgan fingerprint density at radius 2 is 2.21 bits per heavy atom. The van der Waals surface area contributed by atoms with Crippen LogP contribution in [0.25, 0.3) is 21.5 Å². The molecule has 14 heavy (non-hydrogen) atoms. The highest BCUT2D eigenvalue weighted by Crippen LogP contribution is 2.25. The Morgan fingerprint density at radius 3 is 3.07 bits per heavy atom. The fourth-order valence-corrected chi connectivity index (χ4v) is 2.04. The van der Waals surface area contributed by atoms with Gasteiger partial charge in [0.05, 0.1) is 22.2 Å². The Kier molecular flexibility index (Phi) is 1.61. The molecule has 1 N–H and O–H groups in total. The van der Waals surface area contributed by atoms with E-state index in [-0.39, 0.29) is 0 Å². The Hall–Kier alpha value is -1.68. The van der Waals surface area contributed by atoms with Crippen molar-refractivity contribution in [1.29, 1.82) is 0 Å². The molecule has 3 aromatic rings. The second-order valence-corrected chi connectivity index (χ2v) is 3.84. The topological polar surface area (TPSA) is 41.6 Å². The first-order valence-electron chi connectivity index (χ1n) is 4.28. The predicted octanol–water partition coefficient (Wildman–Crippen LogP) is 2.69. The van der Waals surface area contributed by atoms with Crippen molar-refractivity contribution in [2.24, 2.45) is 0 Å². The Morgan fingerprint density at radius 1 is 1.21 bits per heavy atom. The van der Waals surface area contributed by atoms with Crippen LogP contribution in [0.2, 0.25) is 0 Å². The summed E-state index contributed by atoms with van der Waals surface area (Å²) in [5.74, 6) is 0. The van der Waals surface area contributed by atoms with Crippen LogP contribution in [0, 0.1) is 0 Å². The van der Waals surface area contributed by atoms with E-state index >= 15 is 0 Å². The number of nitrogens with zero attached hydrogens (tertiary/aromatic N) is 2. The molecular weight excluding hydrogens is 194 g/mol. The van der Waals surface area contributed by atoms with Crippen LogP contribution in [0.5, 0.6) is 0 Å². The SMILES string of the molecule is c1cc(-c2ccc3[nH]cnc3c2)sn1. The number of aromatic amines is 1. The van der Waals surface area contributed by atoms with Gasteiger partial charge >= 0.3 is 0 Å². The van der Waals surface area contributed by atoms with E-state index in [1.165, 1.54) is 22.0 Å².